The van der Waals surface area contributed by atoms with Crippen LogP contribution in [-0.4, -0.2) is 6.29 Å². The summed E-state index contributed by atoms with van der Waals surface area (Å²) in [6.45, 7) is 4.41. The van der Waals surface area contributed by atoms with E-state index in [0.717, 1.165) is 18.6 Å². The van der Waals surface area contributed by atoms with Crippen molar-refractivity contribution >= 4 is 6.29 Å². The standard InChI is InChI=1S/C10H16O/c1-10(2)8-6-4-3-5-7-9-11/h3-5,7,9-10H,6,8H2,1-2H3/b4-3+,7-5+. The van der Waals surface area contributed by atoms with Gasteiger partial charge < -0.3 is 0 Å². The number of rotatable bonds is 5. The molecule has 0 saturated heterocycles. The molecule has 0 aromatic carbocycles. The van der Waals surface area contributed by atoms with E-state index in [0.29, 0.717) is 0 Å². The Kier molecular flexibility index (Phi) is 6.70. The van der Waals surface area contributed by atoms with E-state index in [4.69, 9.17) is 0 Å². The molecule has 0 radical (unpaired) electrons. The smallest absolute Gasteiger partial charge is 0.142 e. The fourth-order valence-corrected chi connectivity index (χ4v) is 0.714. The molecule has 62 valence electrons. The maximum atomic E-state index is 9.83. The molecule has 0 atom stereocenters. The third-order valence-electron chi connectivity index (χ3n) is 1.35. The largest absolute Gasteiger partial charge is 0.299 e. The third-order valence-corrected chi connectivity index (χ3v) is 1.35. The first-order valence-electron chi connectivity index (χ1n) is 4.04. The molecule has 0 unspecified atom stereocenters. The lowest BCUT2D eigenvalue weighted by molar-refractivity contribution is -0.104. The summed E-state index contributed by atoms with van der Waals surface area (Å²) >= 11 is 0. The van der Waals surface area contributed by atoms with Crippen LogP contribution in [0, 0.1) is 5.92 Å². The maximum absolute atomic E-state index is 9.83. The molecule has 0 aliphatic rings. The van der Waals surface area contributed by atoms with Crippen molar-refractivity contribution in [1.82, 2.24) is 0 Å². The summed E-state index contributed by atoms with van der Waals surface area (Å²) in [5, 5.41) is 0. The summed E-state index contributed by atoms with van der Waals surface area (Å²) in [5.74, 6) is 0.759. The van der Waals surface area contributed by atoms with Gasteiger partial charge in [-0.25, -0.2) is 0 Å². The topological polar surface area (TPSA) is 17.1 Å². The van der Waals surface area contributed by atoms with Crippen LogP contribution in [0.1, 0.15) is 26.7 Å². The molecule has 0 spiro atoms. The van der Waals surface area contributed by atoms with Gasteiger partial charge >= 0.3 is 0 Å². The molecule has 0 saturated carbocycles. The summed E-state index contributed by atoms with van der Waals surface area (Å²) in [6.07, 6.45) is 10.3. The van der Waals surface area contributed by atoms with E-state index in [1.165, 1.54) is 12.5 Å². The molecule has 0 aromatic heterocycles. The average Bonchev–Trinajstić information content (AvgIpc) is 1.96. The molecule has 1 nitrogen and oxygen atoms in total. The molecule has 1 heteroatoms. The molecule has 11 heavy (non-hydrogen) atoms. The highest BCUT2D eigenvalue weighted by molar-refractivity contribution is 5.65. The van der Waals surface area contributed by atoms with Crippen LogP contribution in [-0.2, 0) is 4.79 Å². The predicted octanol–water partition coefficient (Wildman–Crippen LogP) is 2.73. The Morgan fingerprint density at radius 1 is 1.18 bits per heavy atom. The lowest BCUT2D eigenvalue weighted by atomic mass is 10.1. The summed E-state index contributed by atoms with van der Waals surface area (Å²) in [5.41, 5.74) is 0. The van der Waals surface area contributed by atoms with E-state index in [1.54, 1.807) is 6.08 Å². The van der Waals surface area contributed by atoms with E-state index < -0.39 is 0 Å². The van der Waals surface area contributed by atoms with Crippen molar-refractivity contribution in [1.29, 1.82) is 0 Å². The van der Waals surface area contributed by atoms with Crippen LogP contribution in [0.5, 0.6) is 0 Å². The van der Waals surface area contributed by atoms with Gasteiger partial charge in [0.15, 0.2) is 0 Å². The number of hydrogen-bond acceptors (Lipinski definition) is 1. The van der Waals surface area contributed by atoms with Crippen molar-refractivity contribution in [2.45, 2.75) is 26.7 Å². The zero-order valence-corrected chi connectivity index (χ0v) is 7.29. The molecule has 0 rings (SSSR count). The van der Waals surface area contributed by atoms with Gasteiger partial charge in [0.2, 0.25) is 0 Å². The molecule has 0 N–H and O–H groups in total. The highest BCUT2D eigenvalue weighted by atomic mass is 16.1. The fourth-order valence-electron chi connectivity index (χ4n) is 0.714. The van der Waals surface area contributed by atoms with Gasteiger partial charge in [-0.05, 0) is 24.8 Å². The minimum Gasteiger partial charge on any atom is -0.299 e. The second kappa shape index (κ2) is 7.26. The molecule has 0 fully saturated rings. The first kappa shape index (κ1) is 10.2. The van der Waals surface area contributed by atoms with Gasteiger partial charge in [-0.1, -0.05) is 32.1 Å². The Balaban J connectivity index is 3.30. The van der Waals surface area contributed by atoms with Crippen LogP contribution in [0.4, 0.5) is 0 Å². The molecule has 0 aliphatic carbocycles. The molecule has 0 heterocycles. The highest BCUT2D eigenvalue weighted by Gasteiger charge is 1.88. The Morgan fingerprint density at radius 2 is 1.91 bits per heavy atom. The lowest BCUT2D eigenvalue weighted by Crippen LogP contribution is -1.83. The first-order valence-corrected chi connectivity index (χ1v) is 4.04. The summed E-state index contributed by atoms with van der Waals surface area (Å²) in [7, 11) is 0. The number of allylic oxidation sites excluding steroid dienone is 4. The predicted molar refractivity (Wildman–Crippen MR) is 48.4 cm³/mol. The maximum Gasteiger partial charge on any atom is 0.142 e. The van der Waals surface area contributed by atoms with Crippen molar-refractivity contribution in [3.05, 3.63) is 24.3 Å². The van der Waals surface area contributed by atoms with Gasteiger partial charge in [0.1, 0.15) is 6.29 Å². The number of carbonyl (C=O) groups is 1. The molecular formula is C10H16O. The Bertz CT molecular complexity index is 143. The van der Waals surface area contributed by atoms with E-state index in [1.807, 2.05) is 6.08 Å². The van der Waals surface area contributed by atoms with Crippen LogP contribution in [0.2, 0.25) is 0 Å². The van der Waals surface area contributed by atoms with Crippen LogP contribution in [0.25, 0.3) is 0 Å². The first-order chi connectivity index (χ1) is 5.27. The van der Waals surface area contributed by atoms with E-state index >= 15 is 0 Å². The van der Waals surface area contributed by atoms with Gasteiger partial charge in [-0.15, -0.1) is 0 Å². The minimum absolute atomic E-state index is 0.759. The highest BCUT2D eigenvalue weighted by Crippen LogP contribution is 2.03. The second-order valence-corrected chi connectivity index (χ2v) is 2.92. The molecule has 0 amide bonds. The van der Waals surface area contributed by atoms with Crippen LogP contribution in [0.3, 0.4) is 0 Å². The van der Waals surface area contributed by atoms with E-state index in [2.05, 4.69) is 19.9 Å². The SMILES string of the molecule is CC(C)CC/C=C/C=C/C=O. The Morgan fingerprint density at radius 3 is 2.45 bits per heavy atom. The average molecular weight is 152 g/mol. The quantitative estimate of drug-likeness (QED) is 0.336. The molecule has 0 bridgehead atoms. The van der Waals surface area contributed by atoms with Crippen molar-refractivity contribution < 1.29 is 4.79 Å². The van der Waals surface area contributed by atoms with Gasteiger partial charge in [0.05, 0.1) is 0 Å². The van der Waals surface area contributed by atoms with E-state index in [-0.39, 0.29) is 0 Å². The van der Waals surface area contributed by atoms with Crippen molar-refractivity contribution in [3.8, 4) is 0 Å². The molecule has 0 aliphatic heterocycles. The minimum atomic E-state index is 0.759. The Hall–Kier alpha value is -0.850. The van der Waals surface area contributed by atoms with Crippen molar-refractivity contribution in [3.63, 3.8) is 0 Å². The number of aldehydes is 1. The lowest BCUT2D eigenvalue weighted by Gasteiger charge is -1.97. The zero-order valence-electron chi connectivity index (χ0n) is 7.29. The summed E-state index contributed by atoms with van der Waals surface area (Å²) in [4.78, 5) is 9.83. The number of hydrogen-bond donors (Lipinski definition) is 0. The van der Waals surface area contributed by atoms with Crippen LogP contribution in [0.15, 0.2) is 24.3 Å². The van der Waals surface area contributed by atoms with Gasteiger partial charge in [-0.3, -0.25) is 4.79 Å². The van der Waals surface area contributed by atoms with Crippen LogP contribution >= 0.6 is 0 Å². The normalized spacial score (nSPS) is 11.9. The third kappa shape index (κ3) is 9.15. The van der Waals surface area contributed by atoms with Crippen LogP contribution < -0.4 is 0 Å². The van der Waals surface area contributed by atoms with Crippen molar-refractivity contribution in [2.75, 3.05) is 0 Å². The van der Waals surface area contributed by atoms with Gasteiger partial charge in [0.25, 0.3) is 0 Å². The zero-order chi connectivity index (χ0) is 8.53. The monoisotopic (exact) mass is 152 g/mol. The second-order valence-electron chi connectivity index (χ2n) is 2.92. The summed E-state index contributed by atoms with van der Waals surface area (Å²) < 4.78 is 0. The fraction of sp³-hybridized carbons (Fsp3) is 0.500. The van der Waals surface area contributed by atoms with E-state index in [9.17, 15) is 4.79 Å². The molecular weight excluding hydrogens is 136 g/mol. The van der Waals surface area contributed by atoms with Gasteiger partial charge in [-0.2, -0.15) is 0 Å². The molecule has 0 aromatic rings. The van der Waals surface area contributed by atoms with Crippen molar-refractivity contribution in [2.24, 2.45) is 5.92 Å². The number of carbonyl (C=O) groups excluding carboxylic acids is 1. The van der Waals surface area contributed by atoms with Gasteiger partial charge in [0, 0.05) is 0 Å². The summed E-state index contributed by atoms with van der Waals surface area (Å²) in [6, 6.07) is 0. The Labute approximate surface area is 68.8 Å².